The second-order valence-electron chi connectivity index (χ2n) is 4.83. The summed E-state index contributed by atoms with van der Waals surface area (Å²) >= 11 is 0. The third-order valence-corrected chi connectivity index (χ3v) is 2.65. The Morgan fingerprint density at radius 1 is 1.61 bits per heavy atom. The van der Waals surface area contributed by atoms with E-state index in [-0.39, 0.29) is 6.54 Å². The average molecular weight is 254 g/mol. The first-order chi connectivity index (χ1) is 8.24. The molecule has 0 radical (unpaired) electrons. The van der Waals surface area contributed by atoms with Crippen LogP contribution in [0.1, 0.15) is 25.5 Å². The molecule has 0 fully saturated rings. The molecule has 1 atom stereocenters. The molecule has 1 amide bonds. The first-order valence-corrected chi connectivity index (χ1v) is 5.49. The minimum absolute atomic E-state index is 0.0229. The number of hydrogen-bond donors (Lipinski definition) is 3. The highest BCUT2D eigenvalue weighted by Crippen LogP contribution is 2.14. The number of aromatic nitrogens is 2. The van der Waals surface area contributed by atoms with E-state index in [1.165, 1.54) is 20.0 Å². The van der Waals surface area contributed by atoms with Crippen molar-refractivity contribution in [3.63, 3.8) is 0 Å². The summed E-state index contributed by atoms with van der Waals surface area (Å²) in [6.45, 7) is 3.09. The number of amides is 1. The molecule has 0 aliphatic rings. The van der Waals surface area contributed by atoms with Crippen molar-refractivity contribution in [1.29, 1.82) is 0 Å². The molecule has 1 aromatic rings. The number of aryl methyl sites for hydroxylation is 1. The lowest BCUT2D eigenvalue weighted by Crippen LogP contribution is -2.42. The Bertz CT molecular complexity index is 453. The number of carbonyl (C=O) groups excluding carboxylic acids is 1. The number of hydrogen-bond acceptors (Lipinski definition) is 4. The quantitative estimate of drug-likeness (QED) is 0.665. The highest BCUT2D eigenvalue weighted by molar-refractivity contribution is 5.83. The average Bonchev–Trinajstić information content (AvgIpc) is 2.71. The van der Waals surface area contributed by atoms with Gasteiger partial charge in [-0.3, -0.25) is 14.3 Å². The van der Waals surface area contributed by atoms with Crippen LogP contribution in [0.25, 0.3) is 0 Å². The molecular formula is C11H18N4O3. The van der Waals surface area contributed by atoms with Crippen LogP contribution in [0, 0.1) is 5.41 Å². The molecule has 0 saturated heterocycles. The number of carbonyl (C=O) groups is 2. The van der Waals surface area contributed by atoms with Crippen molar-refractivity contribution in [1.82, 2.24) is 15.1 Å². The zero-order valence-electron chi connectivity index (χ0n) is 10.7. The van der Waals surface area contributed by atoms with Crippen LogP contribution in [0.4, 0.5) is 0 Å². The third-order valence-electron chi connectivity index (χ3n) is 2.65. The van der Waals surface area contributed by atoms with E-state index in [0.29, 0.717) is 5.56 Å². The van der Waals surface area contributed by atoms with E-state index in [1.807, 2.05) is 0 Å². The van der Waals surface area contributed by atoms with Crippen LogP contribution in [-0.4, -0.2) is 33.3 Å². The van der Waals surface area contributed by atoms with Gasteiger partial charge in [-0.25, -0.2) is 0 Å². The van der Waals surface area contributed by atoms with Crippen molar-refractivity contribution in [3.8, 4) is 0 Å². The normalized spacial score (nSPS) is 13.1. The van der Waals surface area contributed by atoms with E-state index in [1.54, 1.807) is 17.9 Å². The molecule has 0 spiro atoms. The van der Waals surface area contributed by atoms with Crippen molar-refractivity contribution in [3.05, 3.63) is 18.0 Å². The number of rotatable bonds is 5. The lowest BCUT2D eigenvalue weighted by Gasteiger charge is -2.20. The number of carboxylic acids is 1. The van der Waals surface area contributed by atoms with Gasteiger partial charge in [0.1, 0.15) is 6.04 Å². The number of nitrogens with zero attached hydrogens (tertiary/aromatic N) is 2. The predicted molar refractivity (Wildman–Crippen MR) is 64.6 cm³/mol. The van der Waals surface area contributed by atoms with Crippen LogP contribution >= 0.6 is 0 Å². The molecule has 4 N–H and O–H groups in total. The maximum Gasteiger partial charge on any atom is 0.310 e. The van der Waals surface area contributed by atoms with Crippen molar-refractivity contribution in [2.24, 2.45) is 18.2 Å². The van der Waals surface area contributed by atoms with E-state index in [2.05, 4.69) is 10.4 Å². The number of carboxylic acid groups (broad SMARTS) is 1. The molecule has 0 aromatic carbocycles. The summed E-state index contributed by atoms with van der Waals surface area (Å²) < 4.78 is 1.55. The van der Waals surface area contributed by atoms with Crippen LogP contribution in [-0.2, 0) is 16.6 Å². The van der Waals surface area contributed by atoms with E-state index >= 15 is 0 Å². The first-order valence-electron chi connectivity index (χ1n) is 5.49. The third kappa shape index (κ3) is 3.30. The van der Waals surface area contributed by atoms with Gasteiger partial charge in [-0.15, -0.1) is 0 Å². The number of nitrogens with two attached hydrogens (primary N) is 1. The lowest BCUT2D eigenvalue weighted by atomic mass is 9.94. The van der Waals surface area contributed by atoms with Gasteiger partial charge in [0.15, 0.2) is 0 Å². The van der Waals surface area contributed by atoms with E-state index in [9.17, 15) is 9.59 Å². The highest BCUT2D eigenvalue weighted by Gasteiger charge is 2.28. The van der Waals surface area contributed by atoms with E-state index < -0.39 is 23.3 Å². The summed E-state index contributed by atoms with van der Waals surface area (Å²) in [6.07, 6.45) is 3.15. The Kier molecular flexibility index (Phi) is 4.07. The number of aliphatic carboxylic acids is 1. The zero-order chi connectivity index (χ0) is 13.9. The van der Waals surface area contributed by atoms with Crippen molar-refractivity contribution < 1.29 is 14.7 Å². The molecule has 1 unspecified atom stereocenters. The molecule has 18 heavy (non-hydrogen) atoms. The topological polar surface area (TPSA) is 110 Å². The fraction of sp³-hybridized carbons (Fsp3) is 0.545. The van der Waals surface area contributed by atoms with Gasteiger partial charge in [0.25, 0.3) is 0 Å². The lowest BCUT2D eigenvalue weighted by molar-refractivity contribution is -0.146. The van der Waals surface area contributed by atoms with Crippen LogP contribution in [0.5, 0.6) is 0 Å². The van der Waals surface area contributed by atoms with Crippen LogP contribution in [0.2, 0.25) is 0 Å². The molecule has 1 aromatic heterocycles. The molecule has 1 rings (SSSR count). The standard InChI is InChI=1S/C11H18N4O3/c1-11(2,10(17)18)6-13-9(16)8(12)7-4-14-15(3)5-7/h4-5,8H,6,12H2,1-3H3,(H,13,16)(H,17,18). The first kappa shape index (κ1) is 14.2. The zero-order valence-corrected chi connectivity index (χ0v) is 10.7. The molecule has 1 heterocycles. The van der Waals surface area contributed by atoms with Gasteiger partial charge in [-0.05, 0) is 13.8 Å². The van der Waals surface area contributed by atoms with E-state index in [4.69, 9.17) is 10.8 Å². The van der Waals surface area contributed by atoms with Gasteiger partial charge < -0.3 is 16.2 Å². The largest absolute Gasteiger partial charge is 0.481 e. The van der Waals surface area contributed by atoms with Crippen molar-refractivity contribution in [2.75, 3.05) is 6.54 Å². The molecule has 0 aliphatic carbocycles. The molecule has 7 nitrogen and oxygen atoms in total. The van der Waals surface area contributed by atoms with E-state index in [0.717, 1.165) is 0 Å². The molecule has 0 saturated carbocycles. The Balaban J connectivity index is 2.59. The maximum absolute atomic E-state index is 11.8. The summed E-state index contributed by atoms with van der Waals surface area (Å²) in [4.78, 5) is 22.6. The highest BCUT2D eigenvalue weighted by atomic mass is 16.4. The summed E-state index contributed by atoms with van der Waals surface area (Å²) in [6, 6.07) is -0.844. The van der Waals surface area contributed by atoms with Gasteiger partial charge in [0, 0.05) is 25.4 Å². The maximum atomic E-state index is 11.8. The van der Waals surface area contributed by atoms with Gasteiger partial charge in [0.2, 0.25) is 5.91 Å². The predicted octanol–water partition coefficient (Wildman–Crippen LogP) is -0.353. The molecule has 0 aliphatic heterocycles. The fourth-order valence-electron chi connectivity index (χ4n) is 1.25. The summed E-state index contributed by atoms with van der Waals surface area (Å²) in [5.41, 5.74) is 5.31. The van der Waals surface area contributed by atoms with Gasteiger partial charge in [-0.1, -0.05) is 0 Å². The Morgan fingerprint density at radius 2 is 2.22 bits per heavy atom. The molecule has 100 valence electrons. The van der Waals surface area contributed by atoms with Crippen molar-refractivity contribution >= 4 is 11.9 Å². The monoisotopic (exact) mass is 254 g/mol. The van der Waals surface area contributed by atoms with Gasteiger partial charge in [-0.2, -0.15) is 5.10 Å². The summed E-state index contributed by atoms with van der Waals surface area (Å²) in [5.74, 6) is -1.39. The molecule has 0 bridgehead atoms. The van der Waals surface area contributed by atoms with Crippen LogP contribution < -0.4 is 11.1 Å². The Morgan fingerprint density at radius 3 is 2.67 bits per heavy atom. The van der Waals surface area contributed by atoms with Gasteiger partial charge >= 0.3 is 5.97 Å². The smallest absolute Gasteiger partial charge is 0.310 e. The Labute approximate surface area is 105 Å². The summed E-state index contributed by atoms with van der Waals surface area (Å²) in [5, 5.41) is 15.4. The van der Waals surface area contributed by atoms with Gasteiger partial charge in [0.05, 0.1) is 11.6 Å². The minimum atomic E-state index is -1.02. The minimum Gasteiger partial charge on any atom is -0.481 e. The fourth-order valence-corrected chi connectivity index (χ4v) is 1.25. The van der Waals surface area contributed by atoms with Crippen LogP contribution in [0.15, 0.2) is 12.4 Å². The summed E-state index contributed by atoms with van der Waals surface area (Å²) in [7, 11) is 1.72. The second-order valence-corrected chi connectivity index (χ2v) is 4.83. The SMILES string of the molecule is Cn1cc(C(N)C(=O)NCC(C)(C)C(=O)O)cn1. The van der Waals surface area contributed by atoms with Crippen LogP contribution in [0.3, 0.4) is 0 Å². The molecule has 7 heteroatoms. The van der Waals surface area contributed by atoms with Crippen molar-refractivity contribution in [2.45, 2.75) is 19.9 Å². The Hall–Kier alpha value is -1.89. The number of nitrogens with one attached hydrogen (secondary N) is 1. The molecular weight excluding hydrogens is 236 g/mol. The second kappa shape index (κ2) is 5.18.